The molecule has 3 N–H and O–H groups in total. The maximum Gasteiger partial charge on any atom is 0.257 e. The van der Waals surface area contributed by atoms with Crippen molar-refractivity contribution in [2.24, 2.45) is 0 Å². The standard InChI is InChI=1S/C23H22N4O3/c1-15(2)25-21(28)16-8-10-19(11-9-16)26-22(29)17-5-3-7-20(13-17)27-23(30)18-6-4-12-24-14-18/h3-15H,1-2H3,(H,25,28)(H,26,29)(H,27,30). The lowest BCUT2D eigenvalue weighted by Gasteiger charge is -2.10. The van der Waals surface area contributed by atoms with Gasteiger partial charge < -0.3 is 16.0 Å². The lowest BCUT2D eigenvalue weighted by molar-refractivity contribution is 0.0942. The second kappa shape index (κ2) is 9.47. The minimum absolute atomic E-state index is 0.0443. The van der Waals surface area contributed by atoms with E-state index in [1.54, 1.807) is 66.9 Å². The molecule has 0 spiro atoms. The molecule has 0 unspecified atom stereocenters. The van der Waals surface area contributed by atoms with E-state index >= 15 is 0 Å². The molecule has 0 saturated heterocycles. The fourth-order valence-electron chi connectivity index (χ4n) is 2.69. The molecule has 7 nitrogen and oxygen atoms in total. The summed E-state index contributed by atoms with van der Waals surface area (Å²) in [5.41, 5.74) is 2.39. The van der Waals surface area contributed by atoms with E-state index in [1.807, 2.05) is 13.8 Å². The second-order valence-electron chi connectivity index (χ2n) is 6.94. The summed E-state index contributed by atoms with van der Waals surface area (Å²) in [6, 6.07) is 16.6. The zero-order valence-corrected chi connectivity index (χ0v) is 16.7. The molecule has 7 heteroatoms. The molecule has 0 aliphatic heterocycles. The van der Waals surface area contributed by atoms with Gasteiger partial charge in [0.1, 0.15) is 0 Å². The molecular weight excluding hydrogens is 380 g/mol. The van der Waals surface area contributed by atoms with Gasteiger partial charge in [-0.25, -0.2) is 0 Å². The van der Waals surface area contributed by atoms with Gasteiger partial charge in [-0.3, -0.25) is 19.4 Å². The third-order valence-electron chi connectivity index (χ3n) is 4.13. The number of carbonyl (C=O) groups is 3. The summed E-state index contributed by atoms with van der Waals surface area (Å²) in [4.78, 5) is 40.8. The minimum atomic E-state index is -0.327. The van der Waals surface area contributed by atoms with Crippen molar-refractivity contribution >= 4 is 29.1 Å². The molecule has 0 atom stereocenters. The molecule has 3 rings (SSSR count). The molecule has 3 amide bonds. The smallest absolute Gasteiger partial charge is 0.257 e. The zero-order valence-electron chi connectivity index (χ0n) is 16.7. The summed E-state index contributed by atoms with van der Waals surface area (Å²) in [7, 11) is 0. The molecule has 1 heterocycles. The van der Waals surface area contributed by atoms with Crippen LogP contribution in [0.5, 0.6) is 0 Å². The second-order valence-corrected chi connectivity index (χ2v) is 6.94. The average Bonchev–Trinajstić information content (AvgIpc) is 2.74. The highest BCUT2D eigenvalue weighted by atomic mass is 16.2. The Labute approximate surface area is 174 Å². The average molecular weight is 402 g/mol. The molecule has 0 radical (unpaired) electrons. The maximum atomic E-state index is 12.6. The summed E-state index contributed by atoms with van der Waals surface area (Å²) in [6.07, 6.45) is 3.06. The Hall–Kier alpha value is -4.00. The number of hydrogen-bond acceptors (Lipinski definition) is 4. The van der Waals surface area contributed by atoms with E-state index in [0.29, 0.717) is 28.1 Å². The van der Waals surface area contributed by atoms with Crippen molar-refractivity contribution in [1.82, 2.24) is 10.3 Å². The summed E-state index contributed by atoms with van der Waals surface area (Å²) in [5, 5.41) is 8.35. The van der Waals surface area contributed by atoms with Gasteiger partial charge in [0.25, 0.3) is 17.7 Å². The van der Waals surface area contributed by atoms with E-state index < -0.39 is 0 Å². The summed E-state index contributed by atoms with van der Waals surface area (Å²) in [6.45, 7) is 3.78. The Morgan fingerprint density at radius 2 is 1.40 bits per heavy atom. The third-order valence-corrected chi connectivity index (χ3v) is 4.13. The number of nitrogens with zero attached hydrogens (tertiary/aromatic N) is 1. The van der Waals surface area contributed by atoms with Gasteiger partial charge in [-0.2, -0.15) is 0 Å². The monoisotopic (exact) mass is 402 g/mol. The summed E-state index contributed by atoms with van der Waals surface area (Å²) < 4.78 is 0. The number of benzene rings is 2. The Bertz CT molecular complexity index is 1050. The minimum Gasteiger partial charge on any atom is -0.350 e. The van der Waals surface area contributed by atoms with Crippen LogP contribution in [0.1, 0.15) is 44.9 Å². The van der Waals surface area contributed by atoms with Gasteiger partial charge in [0.2, 0.25) is 0 Å². The first kappa shape index (κ1) is 20.7. The van der Waals surface area contributed by atoms with Gasteiger partial charge >= 0.3 is 0 Å². The van der Waals surface area contributed by atoms with Crippen molar-refractivity contribution in [2.45, 2.75) is 19.9 Å². The number of pyridine rings is 1. The van der Waals surface area contributed by atoms with Crippen LogP contribution in [0.25, 0.3) is 0 Å². The van der Waals surface area contributed by atoms with Crippen LogP contribution in [0.3, 0.4) is 0 Å². The van der Waals surface area contributed by atoms with Crippen molar-refractivity contribution in [3.05, 3.63) is 89.7 Å². The first-order chi connectivity index (χ1) is 14.4. The van der Waals surface area contributed by atoms with Crippen molar-refractivity contribution in [3.63, 3.8) is 0 Å². The zero-order chi connectivity index (χ0) is 21.5. The van der Waals surface area contributed by atoms with Gasteiger partial charge in [0, 0.05) is 40.9 Å². The summed E-state index contributed by atoms with van der Waals surface area (Å²) in [5.74, 6) is -0.803. The van der Waals surface area contributed by atoms with Crippen LogP contribution < -0.4 is 16.0 Å². The molecule has 0 bridgehead atoms. The van der Waals surface area contributed by atoms with Gasteiger partial charge in [-0.1, -0.05) is 6.07 Å². The fraction of sp³-hybridized carbons (Fsp3) is 0.130. The Morgan fingerprint density at radius 1 is 0.733 bits per heavy atom. The van der Waals surface area contributed by atoms with Gasteiger partial charge in [0.15, 0.2) is 0 Å². The quantitative estimate of drug-likeness (QED) is 0.585. The number of nitrogens with one attached hydrogen (secondary N) is 3. The molecule has 152 valence electrons. The first-order valence-corrected chi connectivity index (χ1v) is 9.46. The summed E-state index contributed by atoms with van der Waals surface area (Å²) >= 11 is 0. The first-order valence-electron chi connectivity index (χ1n) is 9.46. The molecular formula is C23H22N4O3. The lowest BCUT2D eigenvalue weighted by Crippen LogP contribution is -2.30. The normalized spacial score (nSPS) is 10.4. The van der Waals surface area contributed by atoms with E-state index in [2.05, 4.69) is 20.9 Å². The van der Waals surface area contributed by atoms with Crippen LogP contribution in [0.2, 0.25) is 0 Å². The molecule has 1 aromatic heterocycles. The number of hydrogen-bond donors (Lipinski definition) is 3. The van der Waals surface area contributed by atoms with E-state index in [4.69, 9.17) is 0 Å². The highest BCUT2D eigenvalue weighted by Gasteiger charge is 2.11. The van der Waals surface area contributed by atoms with E-state index in [1.165, 1.54) is 6.20 Å². The number of amides is 3. The van der Waals surface area contributed by atoms with E-state index in [0.717, 1.165) is 0 Å². The molecule has 0 fully saturated rings. The lowest BCUT2D eigenvalue weighted by atomic mass is 10.1. The SMILES string of the molecule is CC(C)NC(=O)c1ccc(NC(=O)c2cccc(NC(=O)c3cccnc3)c2)cc1. The fourth-order valence-corrected chi connectivity index (χ4v) is 2.69. The molecule has 0 saturated carbocycles. The van der Waals surface area contributed by atoms with E-state index in [-0.39, 0.29) is 23.8 Å². The number of aromatic nitrogens is 1. The number of rotatable bonds is 6. The topological polar surface area (TPSA) is 100 Å². The van der Waals surface area contributed by atoms with Crippen LogP contribution in [0, 0.1) is 0 Å². The van der Waals surface area contributed by atoms with Crippen molar-refractivity contribution in [2.75, 3.05) is 10.6 Å². The highest BCUT2D eigenvalue weighted by Crippen LogP contribution is 2.15. The van der Waals surface area contributed by atoms with Gasteiger partial charge in [-0.05, 0) is 68.4 Å². The van der Waals surface area contributed by atoms with Crippen LogP contribution in [-0.4, -0.2) is 28.7 Å². The van der Waals surface area contributed by atoms with Gasteiger partial charge in [-0.15, -0.1) is 0 Å². The predicted octanol–water partition coefficient (Wildman–Crippen LogP) is 3.72. The largest absolute Gasteiger partial charge is 0.350 e. The van der Waals surface area contributed by atoms with Crippen LogP contribution >= 0.6 is 0 Å². The van der Waals surface area contributed by atoms with Gasteiger partial charge in [0.05, 0.1) is 5.56 Å². The van der Waals surface area contributed by atoms with E-state index in [9.17, 15) is 14.4 Å². The molecule has 30 heavy (non-hydrogen) atoms. The van der Waals surface area contributed by atoms with Crippen LogP contribution in [0.4, 0.5) is 11.4 Å². The molecule has 2 aromatic carbocycles. The third kappa shape index (κ3) is 5.51. The van der Waals surface area contributed by atoms with Crippen LogP contribution in [0.15, 0.2) is 73.1 Å². The van der Waals surface area contributed by atoms with Crippen molar-refractivity contribution in [1.29, 1.82) is 0 Å². The predicted molar refractivity (Wildman–Crippen MR) is 116 cm³/mol. The number of anilines is 2. The Balaban J connectivity index is 1.65. The molecule has 0 aliphatic carbocycles. The Kier molecular flexibility index (Phi) is 6.54. The van der Waals surface area contributed by atoms with Crippen molar-refractivity contribution < 1.29 is 14.4 Å². The Morgan fingerprint density at radius 3 is 2.07 bits per heavy atom. The maximum absolute atomic E-state index is 12.6. The number of carbonyl (C=O) groups excluding carboxylic acids is 3. The molecule has 3 aromatic rings. The van der Waals surface area contributed by atoms with Crippen molar-refractivity contribution in [3.8, 4) is 0 Å². The highest BCUT2D eigenvalue weighted by molar-refractivity contribution is 6.07. The molecule has 0 aliphatic rings. The van der Waals surface area contributed by atoms with Crippen LogP contribution in [-0.2, 0) is 0 Å².